The summed E-state index contributed by atoms with van der Waals surface area (Å²) >= 11 is 0. The monoisotopic (exact) mass is 292 g/mol. The molecular formula is C19H36N2. The van der Waals surface area contributed by atoms with Crippen molar-refractivity contribution in [2.24, 2.45) is 17.3 Å². The Labute approximate surface area is 132 Å². The van der Waals surface area contributed by atoms with E-state index in [1.54, 1.807) is 0 Å². The second kappa shape index (κ2) is 7.00. The Morgan fingerprint density at radius 1 is 1.14 bits per heavy atom. The van der Waals surface area contributed by atoms with Gasteiger partial charge in [0.05, 0.1) is 0 Å². The Morgan fingerprint density at radius 3 is 2.76 bits per heavy atom. The van der Waals surface area contributed by atoms with Gasteiger partial charge in [-0.2, -0.15) is 0 Å². The molecule has 1 spiro atoms. The Kier molecular flexibility index (Phi) is 5.27. The summed E-state index contributed by atoms with van der Waals surface area (Å²) in [4.78, 5) is 2.91. The summed E-state index contributed by atoms with van der Waals surface area (Å²) in [7, 11) is 0. The summed E-state index contributed by atoms with van der Waals surface area (Å²) in [5.41, 5.74) is 0.626. The lowest BCUT2D eigenvalue weighted by Crippen LogP contribution is -2.54. The number of nitrogens with one attached hydrogen (secondary N) is 1. The van der Waals surface area contributed by atoms with Crippen LogP contribution in [0.15, 0.2) is 0 Å². The van der Waals surface area contributed by atoms with Crippen molar-refractivity contribution in [3.05, 3.63) is 0 Å². The molecule has 0 aromatic heterocycles. The van der Waals surface area contributed by atoms with Crippen LogP contribution in [0.1, 0.15) is 71.6 Å². The minimum Gasteiger partial charge on any atom is -0.316 e. The summed E-state index contributed by atoms with van der Waals surface area (Å²) in [5.74, 6) is 1.88. The van der Waals surface area contributed by atoms with E-state index in [2.05, 4.69) is 24.1 Å². The number of piperidine rings is 2. The predicted molar refractivity (Wildman–Crippen MR) is 90.5 cm³/mol. The molecule has 0 aromatic rings. The fraction of sp³-hybridized carbons (Fsp3) is 1.00. The van der Waals surface area contributed by atoms with Crippen molar-refractivity contribution in [2.45, 2.75) is 77.7 Å². The van der Waals surface area contributed by atoms with Gasteiger partial charge in [-0.05, 0) is 75.3 Å². The molecule has 3 aliphatic rings. The highest BCUT2D eigenvalue weighted by atomic mass is 15.2. The largest absolute Gasteiger partial charge is 0.316 e. The van der Waals surface area contributed by atoms with E-state index in [4.69, 9.17) is 0 Å². The molecule has 2 saturated heterocycles. The van der Waals surface area contributed by atoms with E-state index in [1.807, 2.05) is 0 Å². The smallest absolute Gasteiger partial charge is 0.00981 e. The van der Waals surface area contributed by atoms with Crippen LogP contribution >= 0.6 is 0 Å². The van der Waals surface area contributed by atoms with Crippen LogP contribution in [0.2, 0.25) is 0 Å². The lowest BCUT2D eigenvalue weighted by Gasteiger charge is -2.49. The first-order valence-electron chi connectivity index (χ1n) is 9.62. The third-order valence-electron chi connectivity index (χ3n) is 6.33. The highest BCUT2D eigenvalue weighted by Gasteiger charge is 2.39. The molecule has 3 fully saturated rings. The molecule has 2 nitrogen and oxygen atoms in total. The first kappa shape index (κ1) is 15.8. The SMILES string of the molecule is CC(C)CC1CCCC(N2CCCC3(CCCNC3)C2)C1. The molecule has 1 saturated carbocycles. The molecule has 1 aliphatic carbocycles. The molecule has 2 heterocycles. The first-order chi connectivity index (χ1) is 10.2. The van der Waals surface area contributed by atoms with Crippen molar-refractivity contribution in [3.63, 3.8) is 0 Å². The fourth-order valence-corrected chi connectivity index (χ4v) is 5.41. The number of hydrogen-bond donors (Lipinski definition) is 1. The normalized spacial score (nSPS) is 39.0. The van der Waals surface area contributed by atoms with Crippen molar-refractivity contribution in [3.8, 4) is 0 Å². The average Bonchev–Trinajstić information content (AvgIpc) is 2.48. The molecule has 21 heavy (non-hydrogen) atoms. The molecule has 2 heteroatoms. The second-order valence-corrected chi connectivity index (χ2v) is 8.67. The van der Waals surface area contributed by atoms with Crippen molar-refractivity contribution in [1.29, 1.82) is 0 Å². The minimum atomic E-state index is 0.626. The predicted octanol–water partition coefficient (Wildman–Crippen LogP) is 4.06. The fourth-order valence-electron chi connectivity index (χ4n) is 5.41. The van der Waals surface area contributed by atoms with Crippen molar-refractivity contribution in [2.75, 3.05) is 26.2 Å². The van der Waals surface area contributed by atoms with E-state index in [9.17, 15) is 0 Å². The van der Waals surface area contributed by atoms with Gasteiger partial charge < -0.3 is 5.32 Å². The molecule has 0 aromatic carbocycles. The maximum atomic E-state index is 3.68. The summed E-state index contributed by atoms with van der Waals surface area (Å²) in [6.45, 7) is 10.1. The Hall–Kier alpha value is -0.0800. The van der Waals surface area contributed by atoms with E-state index in [-0.39, 0.29) is 0 Å². The van der Waals surface area contributed by atoms with Gasteiger partial charge in [0.1, 0.15) is 0 Å². The number of rotatable bonds is 3. The van der Waals surface area contributed by atoms with Gasteiger partial charge in [0.25, 0.3) is 0 Å². The summed E-state index contributed by atoms with van der Waals surface area (Å²) in [6, 6.07) is 0.904. The molecule has 3 rings (SSSR count). The molecule has 3 unspecified atom stereocenters. The third-order valence-corrected chi connectivity index (χ3v) is 6.33. The standard InChI is InChI=1S/C19H36N2/c1-16(2)12-17-6-3-7-18(13-17)21-11-5-9-19(15-21)8-4-10-20-14-19/h16-18,20H,3-15H2,1-2H3. The summed E-state index contributed by atoms with van der Waals surface area (Å²) in [5, 5.41) is 3.68. The molecule has 3 atom stereocenters. The van der Waals surface area contributed by atoms with Crippen LogP contribution in [0.25, 0.3) is 0 Å². The van der Waals surface area contributed by atoms with E-state index >= 15 is 0 Å². The third kappa shape index (κ3) is 4.01. The summed E-state index contributed by atoms with van der Waals surface area (Å²) < 4.78 is 0. The lowest BCUT2D eigenvalue weighted by atomic mass is 9.73. The molecule has 0 amide bonds. The van der Waals surface area contributed by atoms with Gasteiger partial charge in [-0.1, -0.05) is 26.7 Å². The second-order valence-electron chi connectivity index (χ2n) is 8.67. The summed E-state index contributed by atoms with van der Waals surface area (Å²) in [6.07, 6.45) is 13.2. The average molecular weight is 293 g/mol. The van der Waals surface area contributed by atoms with Crippen molar-refractivity contribution >= 4 is 0 Å². The maximum absolute atomic E-state index is 3.68. The number of nitrogens with zero attached hydrogens (tertiary/aromatic N) is 1. The van der Waals surface area contributed by atoms with Crippen LogP contribution in [0.4, 0.5) is 0 Å². The van der Waals surface area contributed by atoms with Gasteiger partial charge in [0, 0.05) is 19.1 Å². The lowest BCUT2D eigenvalue weighted by molar-refractivity contribution is 0.0175. The quantitative estimate of drug-likeness (QED) is 0.844. The minimum absolute atomic E-state index is 0.626. The van der Waals surface area contributed by atoms with Gasteiger partial charge in [-0.25, -0.2) is 0 Å². The zero-order valence-electron chi connectivity index (χ0n) is 14.4. The van der Waals surface area contributed by atoms with Crippen LogP contribution in [0.5, 0.6) is 0 Å². The van der Waals surface area contributed by atoms with Crippen LogP contribution in [0.3, 0.4) is 0 Å². The van der Waals surface area contributed by atoms with Crippen LogP contribution < -0.4 is 5.32 Å². The van der Waals surface area contributed by atoms with E-state index in [0.29, 0.717) is 5.41 Å². The highest BCUT2D eigenvalue weighted by Crippen LogP contribution is 2.39. The highest BCUT2D eigenvalue weighted by molar-refractivity contribution is 4.94. The van der Waals surface area contributed by atoms with E-state index < -0.39 is 0 Å². The zero-order chi connectivity index (χ0) is 14.7. The van der Waals surface area contributed by atoms with E-state index in [1.165, 1.54) is 84.0 Å². The van der Waals surface area contributed by atoms with Gasteiger partial charge in [-0.15, -0.1) is 0 Å². The Bertz CT molecular complexity index is 314. The molecule has 0 bridgehead atoms. The zero-order valence-corrected chi connectivity index (χ0v) is 14.4. The molecular weight excluding hydrogens is 256 g/mol. The van der Waals surface area contributed by atoms with E-state index in [0.717, 1.165) is 17.9 Å². The van der Waals surface area contributed by atoms with Crippen LogP contribution in [-0.2, 0) is 0 Å². The van der Waals surface area contributed by atoms with Crippen LogP contribution in [0, 0.1) is 17.3 Å². The molecule has 0 radical (unpaired) electrons. The first-order valence-corrected chi connectivity index (χ1v) is 9.62. The molecule has 1 N–H and O–H groups in total. The molecule has 2 aliphatic heterocycles. The van der Waals surface area contributed by atoms with Crippen molar-refractivity contribution < 1.29 is 0 Å². The topological polar surface area (TPSA) is 15.3 Å². The molecule has 122 valence electrons. The van der Waals surface area contributed by atoms with Gasteiger partial charge in [-0.3, -0.25) is 4.90 Å². The van der Waals surface area contributed by atoms with Crippen LogP contribution in [-0.4, -0.2) is 37.1 Å². The maximum Gasteiger partial charge on any atom is 0.00981 e. The number of likely N-dealkylation sites (tertiary alicyclic amines) is 1. The number of hydrogen-bond acceptors (Lipinski definition) is 2. The Balaban J connectivity index is 1.57. The van der Waals surface area contributed by atoms with Gasteiger partial charge in [0.15, 0.2) is 0 Å². The Morgan fingerprint density at radius 2 is 2.00 bits per heavy atom. The van der Waals surface area contributed by atoms with Gasteiger partial charge >= 0.3 is 0 Å². The van der Waals surface area contributed by atoms with Crippen molar-refractivity contribution in [1.82, 2.24) is 10.2 Å². The van der Waals surface area contributed by atoms with Gasteiger partial charge in [0.2, 0.25) is 0 Å².